The number of carboxylic acids is 1. The van der Waals surface area contributed by atoms with E-state index in [-0.39, 0.29) is 17.4 Å². The monoisotopic (exact) mass is 265 g/mol. The van der Waals surface area contributed by atoms with Crippen LogP contribution in [0.1, 0.15) is 22.3 Å². The number of nitrogens with zero attached hydrogens (tertiary/aromatic N) is 1. The normalized spacial score (nSPS) is 19.3. The molecule has 0 saturated carbocycles. The van der Waals surface area contributed by atoms with Crippen LogP contribution in [0.2, 0.25) is 0 Å². The van der Waals surface area contributed by atoms with Crippen molar-refractivity contribution >= 4 is 30.2 Å². The molecule has 1 heterocycles. The number of hydrogen-bond acceptors (Lipinski definition) is 3. The standard InChI is InChI=1S/C13H15NO3S/c1-8-2-3-10(13(16)17)5-11(8)14-6-9(7-18)4-12(14)15/h2-3,5,9,18H,4,6-7H2,1H3,(H,16,17). The van der Waals surface area contributed by atoms with Gasteiger partial charge in [0.15, 0.2) is 0 Å². The highest BCUT2D eigenvalue weighted by molar-refractivity contribution is 7.80. The first-order valence-electron chi connectivity index (χ1n) is 5.78. The smallest absolute Gasteiger partial charge is 0.335 e. The van der Waals surface area contributed by atoms with Crippen molar-refractivity contribution in [1.29, 1.82) is 0 Å². The first kappa shape index (κ1) is 13.0. The molecule has 1 N–H and O–H groups in total. The summed E-state index contributed by atoms with van der Waals surface area (Å²) in [6.45, 7) is 2.49. The van der Waals surface area contributed by atoms with Crippen molar-refractivity contribution in [3.8, 4) is 0 Å². The van der Waals surface area contributed by atoms with E-state index in [4.69, 9.17) is 5.11 Å². The maximum absolute atomic E-state index is 11.9. The van der Waals surface area contributed by atoms with Crippen LogP contribution in [0.5, 0.6) is 0 Å². The predicted octanol–water partition coefficient (Wildman–Crippen LogP) is 1.98. The third-order valence-electron chi connectivity index (χ3n) is 3.21. The molecular weight excluding hydrogens is 250 g/mol. The molecule has 1 aliphatic heterocycles. The zero-order valence-electron chi connectivity index (χ0n) is 10.1. The van der Waals surface area contributed by atoms with Gasteiger partial charge in [-0.2, -0.15) is 12.6 Å². The number of carboxylic acid groups (broad SMARTS) is 1. The second-order valence-electron chi connectivity index (χ2n) is 4.56. The maximum Gasteiger partial charge on any atom is 0.335 e. The molecule has 1 fully saturated rings. The van der Waals surface area contributed by atoms with Gasteiger partial charge in [0.1, 0.15) is 0 Å². The Balaban J connectivity index is 2.35. The summed E-state index contributed by atoms with van der Waals surface area (Å²) in [4.78, 5) is 24.6. The van der Waals surface area contributed by atoms with E-state index >= 15 is 0 Å². The molecule has 0 radical (unpaired) electrons. The number of thiol groups is 1. The molecule has 0 aromatic heterocycles. The summed E-state index contributed by atoms with van der Waals surface area (Å²) in [7, 11) is 0. The number of carbonyl (C=O) groups is 2. The average molecular weight is 265 g/mol. The van der Waals surface area contributed by atoms with Crippen molar-refractivity contribution in [1.82, 2.24) is 0 Å². The molecule has 1 unspecified atom stereocenters. The van der Waals surface area contributed by atoms with Crippen LogP contribution < -0.4 is 4.90 Å². The largest absolute Gasteiger partial charge is 0.478 e. The molecular formula is C13H15NO3S. The molecule has 5 heteroatoms. The quantitative estimate of drug-likeness (QED) is 0.822. The fraction of sp³-hybridized carbons (Fsp3) is 0.385. The van der Waals surface area contributed by atoms with Gasteiger partial charge in [0.05, 0.1) is 5.56 Å². The number of amides is 1. The first-order chi connectivity index (χ1) is 8.52. The van der Waals surface area contributed by atoms with Gasteiger partial charge in [-0.05, 0) is 36.3 Å². The zero-order valence-corrected chi connectivity index (χ0v) is 11.0. The summed E-state index contributed by atoms with van der Waals surface area (Å²) in [5.74, 6) is -0.0260. The maximum atomic E-state index is 11.9. The summed E-state index contributed by atoms with van der Waals surface area (Å²) in [6, 6.07) is 4.86. The van der Waals surface area contributed by atoms with Crippen LogP contribution in [-0.4, -0.2) is 29.3 Å². The predicted molar refractivity (Wildman–Crippen MR) is 72.5 cm³/mol. The first-order valence-corrected chi connectivity index (χ1v) is 6.41. The van der Waals surface area contributed by atoms with E-state index in [0.717, 1.165) is 5.56 Å². The lowest BCUT2D eigenvalue weighted by atomic mass is 10.1. The highest BCUT2D eigenvalue weighted by Crippen LogP contribution is 2.29. The van der Waals surface area contributed by atoms with Crippen LogP contribution in [-0.2, 0) is 4.79 Å². The van der Waals surface area contributed by atoms with Gasteiger partial charge in [0.25, 0.3) is 0 Å². The van der Waals surface area contributed by atoms with Gasteiger partial charge in [0.2, 0.25) is 5.91 Å². The Kier molecular flexibility index (Phi) is 3.61. The van der Waals surface area contributed by atoms with E-state index < -0.39 is 5.97 Å². The molecule has 1 saturated heterocycles. The van der Waals surface area contributed by atoms with Crippen LogP contribution in [0.3, 0.4) is 0 Å². The van der Waals surface area contributed by atoms with Crippen molar-refractivity contribution in [3.63, 3.8) is 0 Å². The Morgan fingerprint density at radius 1 is 1.56 bits per heavy atom. The molecule has 18 heavy (non-hydrogen) atoms. The van der Waals surface area contributed by atoms with E-state index in [1.54, 1.807) is 23.1 Å². The Labute approximate surface area is 111 Å². The molecule has 0 spiro atoms. The van der Waals surface area contributed by atoms with E-state index in [1.807, 2.05) is 6.92 Å². The third kappa shape index (κ3) is 2.36. The molecule has 0 bridgehead atoms. The van der Waals surface area contributed by atoms with Gasteiger partial charge in [-0.1, -0.05) is 6.07 Å². The zero-order chi connectivity index (χ0) is 13.3. The Hall–Kier alpha value is -1.49. The highest BCUT2D eigenvalue weighted by Gasteiger charge is 2.30. The molecule has 1 amide bonds. The lowest BCUT2D eigenvalue weighted by Crippen LogP contribution is -2.25. The lowest BCUT2D eigenvalue weighted by molar-refractivity contribution is -0.117. The van der Waals surface area contributed by atoms with Crippen molar-refractivity contribution < 1.29 is 14.7 Å². The lowest BCUT2D eigenvalue weighted by Gasteiger charge is -2.19. The molecule has 4 nitrogen and oxygen atoms in total. The van der Waals surface area contributed by atoms with Crippen LogP contribution in [0, 0.1) is 12.8 Å². The molecule has 1 aliphatic rings. The van der Waals surface area contributed by atoms with Crippen LogP contribution in [0.25, 0.3) is 0 Å². The molecule has 2 rings (SSSR count). The number of hydrogen-bond donors (Lipinski definition) is 2. The summed E-state index contributed by atoms with van der Waals surface area (Å²) in [5.41, 5.74) is 1.81. The number of carbonyl (C=O) groups excluding carboxylic acids is 1. The average Bonchev–Trinajstić information content (AvgIpc) is 2.71. The van der Waals surface area contributed by atoms with Gasteiger partial charge < -0.3 is 10.0 Å². The minimum atomic E-state index is -0.978. The Morgan fingerprint density at radius 3 is 2.83 bits per heavy atom. The Bertz CT molecular complexity index is 501. The summed E-state index contributed by atoms with van der Waals surface area (Å²) >= 11 is 4.22. The van der Waals surface area contributed by atoms with Gasteiger partial charge >= 0.3 is 5.97 Å². The van der Waals surface area contributed by atoms with E-state index in [9.17, 15) is 9.59 Å². The number of benzene rings is 1. The van der Waals surface area contributed by atoms with E-state index in [0.29, 0.717) is 24.4 Å². The number of aromatic carboxylic acids is 1. The topological polar surface area (TPSA) is 57.6 Å². The fourth-order valence-electron chi connectivity index (χ4n) is 2.17. The van der Waals surface area contributed by atoms with Gasteiger partial charge in [-0.15, -0.1) is 0 Å². The summed E-state index contributed by atoms with van der Waals surface area (Å²) in [5, 5.41) is 8.99. The van der Waals surface area contributed by atoms with E-state index in [1.165, 1.54) is 0 Å². The minimum absolute atomic E-state index is 0.0414. The van der Waals surface area contributed by atoms with Crippen molar-refractivity contribution in [2.45, 2.75) is 13.3 Å². The highest BCUT2D eigenvalue weighted by atomic mass is 32.1. The minimum Gasteiger partial charge on any atom is -0.478 e. The second kappa shape index (κ2) is 5.02. The van der Waals surface area contributed by atoms with Crippen LogP contribution in [0.4, 0.5) is 5.69 Å². The van der Waals surface area contributed by atoms with Crippen molar-refractivity contribution in [3.05, 3.63) is 29.3 Å². The van der Waals surface area contributed by atoms with Gasteiger partial charge in [-0.25, -0.2) is 4.79 Å². The van der Waals surface area contributed by atoms with E-state index in [2.05, 4.69) is 12.6 Å². The van der Waals surface area contributed by atoms with Crippen molar-refractivity contribution in [2.75, 3.05) is 17.2 Å². The second-order valence-corrected chi connectivity index (χ2v) is 4.93. The third-order valence-corrected chi connectivity index (χ3v) is 3.73. The van der Waals surface area contributed by atoms with Gasteiger partial charge in [-0.3, -0.25) is 4.79 Å². The van der Waals surface area contributed by atoms with Gasteiger partial charge in [0, 0.05) is 18.7 Å². The molecule has 96 valence electrons. The molecule has 0 aliphatic carbocycles. The number of anilines is 1. The SMILES string of the molecule is Cc1ccc(C(=O)O)cc1N1CC(CS)CC1=O. The summed E-state index contributed by atoms with van der Waals surface area (Å²) in [6.07, 6.45) is 0.486. The molecule has 1 aromatic carbocycles. The number of aryl methyl sites for hydroxylation is 1. The fourth-order valence-corrected chi connectivity index (χ4v) is 2.41. The molecule has 1 aromatic rings. The Morgan fingerprint density at radius 2 is 2.28 bits per heavy atom. The van der Waals surface area contributed by atoms with Crippen LogP contribution in [0.15, 0.2) is 18.2 Å². The molecule has 1 atom stereocenters. The van der Waals surface area contributed by atoms with Crippen molar-refractivity contribution in [2.24, 2.45) is 5.92 Å². The number of rotatable bonds is 3. The van der Waals surface area contributed by atoms with Crippen LogP contribution >= 0.6 is 12.6 Å². The summed E-state index contributed by atoms with van der Waals surface area (Å²) < 4.78 is 0.